The molecular formula is C14H10ClN3. The molecule has 0 spiro atoms. The average Bonchev–Trinajstić information content (AvgIpc) is 2.90. The van der Waals surface area contributed by atoms with E-state index in [9.17, 15) is 0 Å². The van der Waals surface area contributed by atoms with Gasteiger partial charge in [-0.05, 0) is 36.4 Å². The third-order valence-corrected chi connectivity index (χ3v) is 2.92. The van der Waals surface area contributed by atoms with Crippen molar-refractivity contribution in [2.24, 2.45) is 0 Å². The Balaban J connectivity index is 2.10. The molecular weight excluding hydrogens is 246 g/mol. The van der Waals surface area contributed by atoms with Gasteiger partial charge in [-0.2, -0.15) is 0 Å². The van der Waals surface area contributed by atoms with E-state index >= 15 is 0 Å². The summed E-state index contributed by atoms with van der Waals surface area (Å²) in [5.74, 6) is 0.875. The molecule has 18 heavy (non-hydrogen) atoms. The van der Waals surface area contributed by atoms with Crippen LogP contribution in [0, 0.1) is 0 Å². The van der Waals surface area contributed by atoms with Gasteiger partial charge in [0, 0.05) is 29.2 Å². The van der Waals surface area contributed by atoms with Crippen molar-refractivity contribution in [1.29, 1.82) is 0 Å². The summed E-state index contributed by atoms with van der Waals surface area (Å²) in [6, 6.07) is 11.5. The van der Waals surface area contributed by atoms with Crippen LogP contribution in [-0.2, 0) is 0 Å². The molecule has 0 atom stereocenters. The van der Waals surface area contributed by atoms with Gasteiger partial charge in [-0.3, -0.25) is 9.55 Å². The summed E-state index contributed by atoms with van der Waals surface area (Å²) < 4.78 is 2.00. The molecule has 0 bridgehead atoms. The van der Waals surface area contributed by atoms with E-state index in [1.54, 1.807) is 18.6 Å². The molecule has 0 saturated carbocycles. The van der Waals surface area contributed by atoms with Crippen LogP contribution in [-0.4, -0.2) is 14.5 Å². The van der Waals surface area contributed by atoms with Gasteiger partial charge in [0.15, 0.2) is 0 Å². The van der Waals surface area contributed by atoms with Crippen molar-refractivity contribution in [3.05, 3.63) is 66.2 Å². The number of hydrogen-bond acceptors (Lipinski definition) is 2. The largest absolute Gasteiger partial charge is 0.298 e. The fourth-order valence-corrected chi connectivity index (χ4v) is 1.95. The van der Waals surface area contributed by atoms with Gasteiger partial charge in [0.05, 0.1) is 11.9 Å². The number of imidazole rings is 1. The third-order valence-electron chi connectivity index (χ3n) is 2.67. The molecule has 0 N–H and O–H groups in total. The molecule has 4 heteroatoms. The molecule has 1 aromatic carbocycles. The lowest BCUT2D eigenvalue weighted by Crippen LogP contribution is -1.96. The lowest BCUT2D eigenvalue weighted by molar-refractivity contribution is 1.05. The van der Waals surface area contributed by atoms with Crippen LogP contribution in [0.2, 0.25) is 5.02 Å². The Hall–Kier alpha value is -2.13. The zero-order valence-electron chi connectivity index (χ0n) is 9.49. The van der Waals surface area contributed by atoms with Crippen molar-refractivity contribution >= 4 is 11.6 Å². The van der Waals surface area contributed by atoms with Crippen LogP contribution >= 0.6 is 11.6 Å². The first kappa shape index (κ1) is 11.0. The van der Waals surface area contributed by atoms with Gasteiger partial charge >= 0.3 is 0 Å². The van der Waals surface area contributed by atoms with Crippen molar-refractivity contribution in [3.63, 3.8) is 0 Å². The minimum absolute atomic E-state index is 0.721. The fourth-order valence-electron chi connectivity index (χ4n) is 1.82. The van der Waals surface area contributed by atoms with Gasteiger partial charge < -0.3 is 0 Å². The van der Waals surface area contributed by atoms with Crippen LogP contribution in [0.15, 0.2) is 61.2 Å². The quantitative estimate of drug-likeness (QED) is 0.701. The number of nitrogens with zero attached hydrogens (tertiary/aromatic N) is 3. The maximum Gasteiger partial charge on any atom is 0.144 e. The minimum atomic E-state index is 0.721. The van der Waals surface area contributed by atoms with Gasteiger partial charge in [0.25, 0.3) is 0 Å². The number of rotatable bonds is 2. The molecule has 0 radical (unpaired) electrons. The zero-order valence-corrected chi connectivity index (χ0v) is 10.2. The zero-order chi connectivity index (χ0) is 12.4. The molecule has 0 aliphatic rings. The molecule has 0 fully saturated rings. The Labute approximate surface area is 110 Å². The highest BCUT2D eigenvalue weighted by Crippen LogP contribution is 2.22. The summed E-state index contributed by atoms with van der Waals surface area (Å²) >= 11 is 5.89. The van der Waals surface area contributed by atoms with Crippen molar-refractivity contribution in [3.8, 4) is 17.1 Å². The van der Waals surface area contributed by atoms with E-state index in [1.807, 2.05) is 47.2 Å². The highest BCUT2D eigenvalue weighted by atomic mass is 35.5. The molecule has 0 amide bonds. The average molecular weight is 256 g/mol. The summed E-state index contributed by atoms with van der Waals surface area (Å²) in [6.45, 7) is 0. The van der Waals surface area contributed by atoms with Gasteiger partial charge in [0.1, 0.15) is 5.82 Å². The Morgan fingerprint density at radius 2 is 1.83 bits per heavy atom. The highest BCUT2D eigenvalue weighted by Gasteiger charge is 2.07. The smallest absolute Gasteiger partial charge is 0.144 e. The SMILES string of the molecule is Clc1ccc(-c2nccn2-c2cccnc2)cc1. The standard InChI is InChI=1S/C14H10ClN3/c15-12-5-3-11(4-6-12)14-17-8-9-18(14)13-2-1-7-16-10-13/h1-10H. The molecule has 88 valence electrons. The molecule has 0 aliphatic carbocycles. The normalized spacial score (nSPS) is 10.5. The maximum atomic E-state index is 5.89. The molecule has 3 aromatic rings. The predicted molar refractivity (Wildman–Crippen MR) is 71.8 cm³/mol. The molecule has 0 saturated heterocycles. The highest BCUT2D eigenvalue weighted by molar-refractivity contribution is 6.30. The Bertz CT molecular complexity index is 644. The number of hydrogen-bond donors (Lipinski definition) is 0. The van der Waals surface area contributed by atoms with E-state index in [0.717, 1.165) is 22.1 Å². The second kappa shape index (κ2) is 4.63. The van der Waals surface area contributed by atoms with Gasteiger partial charge in [-0.1, -0.05) is 11.6 Å². The van der Waals surface area contributed by atoms with Crippen molar-refractivity contribution in [2.75, 3.05) is 0 Å². The van der Waals surface area contributed by atoms with Crippen molar-refractivity contribution in [1.82, 2.24) is 14.5 Å². The minimum Gasteiger partial charge on any atom is -0.298 e. The van der Waals surface area contributed by atoms with Crippen LogP contribution in [0.1, 0.15) is 0 Å². The number of benzene rings is 1. The maximum absolute atomic E-state index is 5.89. The fraction of sp³-hybridized carbons (Fsp3) is 0. The lowest BCUT2D eigenvalue weighted by atomic mass is 10.2. The monoisotopic (exact) mass is 255 g/mol. The van der Waals surface area contributed by atoms with E-state index in [4.69, 9.17) is 11.6 Å². The molecule has 2 heterocycles. The van der Waals surface area contributed by atoms with Crippen LogP contribution < -0.4 is 0 Å². The second-order valence-electron chi connectivity index (χ2n) is 3.84. The molecule has 0 aliphatic heterocycles. The second-order valence-corrected chi connectivity index (χ2v) is 4.28. The van der Waals surface area contributed by atoms with E-state index < -0.39 is 0 Å². The topological polar surface area (TPSA) is 30.7 Å². The van der Waals surface area contributed by atoms with E-state index in [2.05, 4.69) is 9.97 Å². The van der Waals surface area contributed by atoms with E-state index in [-0.39, 0.29) is 0 Å². The number of halogens is 1. The molecule has 0 unspecified atom stereocenters. The first-order valence-electron chi connectivity index (χ1n) is 5.54. The summed E-state index contributed by atoms with van der Waals surface area (Å²) in [5.41, 5.74) is 2.01. The molecule has 3 nitrogen and oxygen atoms in total. The predicted octanol–water partition coefficient (Wildman–Crippen LogP) is 3.59. The first-order valence-corrected chi connectivity index (χ1v) is 5.92. The van der Waals surface area contributed by atoms with Crippen LogP contribution in [0.3, 0.4) is 0 Å². The van der Waals surface area contributed by atoms with Crippen LogP contribution in [0.4, 0.5) is 0 Å². The third kappa shape index (κ3) is 2.00. The first-order chi connectivity index (χ1) is 8.84. The summed E-state index contributed by atoms with van der Waals surface area (Å²) in [4.78, 5) is 8.50. The van der Waals surface area contributed by atoms with Crippen molar-refractivity contribution in [2.45, 2.75) is 0 Å². The number of aromatic nitrogens is 3. The van der Waals surface area contributed by atoms with Gasteiger partial charge in [-0.25, -0.2) is 4.98 Å². The molecule has 2 aromatic heterocycles. The van der Waals surface area contributed by atoms with E-state index in [0.29, 0.717) is 0 Å². The van der Waals surface area contributed by atoms with Gasteiger partial charge in [-0.15, -0.1) is 0 Å². The summed E-state index contributed by atoms with van der Waals surface area (Å²) in [6.07, 6.45) is 7.25. The van der Waals surface area contributed by atoms with Crippen LogP contribution in [0.25, 0.3) is 17.1 Å². The number of pyridine rings is 1. The van der Waals surface area contributed by atoms with E-state index in [1.165, 1.54) is 0 Å². The Morgan fingerprint density at radius 3 is 2.56 bits per heavy atom. The summed E-state index contributed by atoms with van der Waals surface area (Å²) in [7, 11) is 0. The van der Waals surface area contributed by atoms with Crippen LogP contribution in [0.5, 0.6) is 0 Å². The Kier molecular flexibility index (Phi) is 2.82. The van der Waals surface area contributed by atoms with Crippen molar-refractivity contribution < 1.29 is 0 Å². The lowest BCUT2D eigenvalue weighted by Gasteiger charge is -2.07. The van der Waals surface area contributed by atoms with Gasteiger partial charge in [0.2, 0.25) is 0 Å². The Morgan fingerprint density at radius 1 is 1.00 bits per heavy atom. The molecule has 3 rings (SSSR count). The summed E-state index contributed by atoms with van der Waals surface area (Å²) in [5, 5.41) is 0.721.